The molecule has 0 aliphatic heterocycles. The van der Waals surface area contributed by atoms with Gasteiger partial charge in [-0.1, -0.05) is 0 Å². The Morgan fingerprint density at radius 3 is 1.14 bits per heavy atom. The van der Waals surface area contributed by atoms with Crippen LogP contribution in [0.25, 0.3) is 0 Å². The van der Waals surface area contributed by atoms with Gasteiger partial charge in [-0.3, -0.25) is 0 Å². The van der Waals surface area contributed by atoms with E-state index in [2.05, 4.69) is 0 Å². The van der Waals surface area contributed by atoms with Crippen molar-refractivity contribution < 1.29 is 48.8 Å². The maximum atomic E-state index is 8.55. The first-order valence-corrected chi connectivity index (χ1v) is 2.19. The van der Waals surface area contributed by atoms with Crippen molar-refractivity contribution in [2.24, 2.45) is 0 Å². The summed E-state index contributed by atoms with van der Waals surface area (Å²) in [6, 6.07) is 0. The van der Waals surface area contributed by atoms with Crippen molar-refractivity contribution in [3.05, 3.63) is 0 Å². The maximum Gasteiger partial charge on any atom is 4.00 e. The number of hydrogen-bond acceptors (Lipinski definition) is 4. The van der Waals surface area contributed by atoms with Gasteiger partial charge in [0.25, 0.3) is 0 Å². The Balaban J connectivity index is -0.0000000800. The van der Waals surface area contributed by atoms with E-state index >= 15 is 0 Å². The van der Waals surface area contributed by atoms with Crippen LogP contribution < -0.4 is 44.2 Å². The van der Waals surface area contributed by atoms with Crippen LogP contribution in [-0.2, 0) is 4.57 Å². The van der Waals surface area contributed by atoms with Gasteiger partial charge in [-0.15, -0.1) is 0 Å². The minimum absolute atomic E-state index is 0. The van der Waals surface area contributed by atoms with Crippen molar-refractivity contribution in [1.82, 2.24) is 0 Å². The first-order chi connectivity index (χ1) is 2.00. The Bertz CT molecular complexity index is 57.8. The van der Waals surface area contributed by atoms with E-state index in [4.69, 9.17) is 19.2 Å². The molecule has 0 rings (SSSR count). The van der Waals surface area contributed by atoms with E-state index in [1.807, 2.05) is 0 Å². The zero-order valence-corrected chi connectivity index (χ0v) is 7.47. The fraction of sp³-hybridized carbons (Fsp3) is 0. The molecule has 0 atom stereocenters. The van der Waals surface area contributed by atoms with E-state index in [0.717, 1.165) is 0 Å². The molecule has 0 aromatic carbocycles. The summed E-state index contributed by atoms with van der Waals surface area (Å²) in [6.45, 7) is 0. The van der Waals surface area contributed by atoms with E-state index in [1.54, 1.807) is 0 Å². The number of rotatable bonds is 0. The monoisotopic (exact) mass is 146 g/mol. The molecule has 0 aromatic heterocycles. The standard InChI is InChI=1S/Na.H3O4P.Si/c;1-5(2,3)4;/h;(H3,1,2,3,4);/q+1;;+4/p-3. The quantitative estimate of drug-likeness (QED) is 0.251. The molecule has 0 amide bonds. The molecule has 0 saturated carbocycles. The van der Waals surface area contributed by atoms with E-state index in [9.17, 15) is 0 Å². The van der Waals surface area contributed by atoms with Gasteiger partial charge in [-0.25, -0.2) is 0 Å². The second-order valence-electron chi connectivity index (χ2n) is 0.447. The second kappa shape index (κ2) is 5.46. The van der Waals surface area contributed by atoms with E-state index < -0.39 is 7.82 Å². The summed E-state index contributed by atoms with van der Waals surface area (Å²) in [4.78, 5) is 25.6. The molecule has 32 valence electrons. The third-order valence-corrected chi connectivity index (χ3v) is 0. The summed E-state index contributed by atoms with van der Waals surface area (Å²) in [5, 5.41) is 0. The molecule has 7 heteroatoms. The third kappa shape index (κ3) is 118. The van der Waals surface area contributed by atoms with Crippen LogP contribution in [-0.4, -0.2) is 11.0 Å². The minimum Gasteiger partial charge on any atom is -0.822 e. The van der Waals surface area contributed by atoms with Crippen LogP contribution in [0, 0.1) is 0 Å². The van der Waals surface area contributed by atoms with Gasteiger partial charge in [0.15, 0.2) is 0 Å². The Labute approximate surface area is 67.5 Å². The van der Waals surface area contributed by atoms with Gasteiger partial charge in [-0.2, -0.15) is 7.82 Å². The predicted molar refractivity (Wildman–Crippen MR) is 13.4 cm³/mol. The van der Waals surface area contributed by atoms with Gasteiger partial charge in [0.2, 0.25) is 0 Å². The smallest absolute Gasteiger partial charge is 0.822 e. The number of hydrogen-bond donors (Lipinski definition) is 0. The van der Waals surface area contributed by atoms with Crippen molar-refractivity contribution in [3.63, 3.8) is 0 Å². The first-order valence-electron chi connectivity index (χ1n) is 0.730. The van der Waals surface area contributed by atoms with Crippen molar-refractivity contribution >= 4 is 18.8 Å². The summed E-state index contributed by atoms with van der Waals surface area (Å²) < 4.78 is 8.55. The van der Waals surface area contributed by atoms with E-state index in [0.29, 0.717) is 0 Å². The Hall–Kier alpha value is 1.33. The first kappa shape index (κ1) is 15.8. The van der Waals surface area contributed by atoms with Gasteiger partial charge in [-0.05, 0) is 0 Å². The summed E-state index contributed by atoms with van der Waals surface area (Å²) in [7, 11) is -5.39. The second-order valence-corrected chi connectivity index (χ2v) is 1.34. The Morgan fingerprint density at radius 2 is 1.14 bits per heavy atom. The molecule has 0 unspecified atom stereocenters. The van der Waals surface area contributed by atoms with Crippen molar-refractivity contribution in [1.29, 1.82) is 0 Å². The van der Waals surface area contributed by atoms with Crippen molar-refractivity contribution in [2.45, 2.75) is 0 Å². The average molecular weight is 146 g/mol. The van der Waals surface area contributed by atoms with Crippen LogP contribution in [0.3, 0.4) is 0 Å². The summed E-state index contributed by atoms with van der Waals surface area (Å²) in [5.41, 5.74) is 0. The Kier molecular flexibility index (Phi) is 12.3. The van der Waals surface area contributed by atoms with Crippen molar-refractivity contribution in [3.8, 4) is 0 Å². The normalized spacial score (nSPS) is 8.43. The molecule has 0 aliphatic rings. The minimum atomic E-state index is -5.39. The molecule has 0 bridgehead atoms. The predicted octanol–water partition coefficient (Wildman–Crippen LogP) is -6.20. The maximum absolute atomic E-state index is 8.55. The average Bonchev–Trinajstić information content (AvgIpc) is 0.722. The van der Waals surface area contributed by atoms with Crippen molar-refractivity contribution in [2.75, 3.05) is 0 Å². The largest absolute Gasteiger partial charge is 4.00 e. The molecule has 0 spiro atoms. The van der Waals surface area contributed by atoms with E-state index in [-0.39, 0.29) is 40.5 Å². The SMILES string of the molecule is O=P([O-])([O-])[O-].[Na+].[Si+4]. The summed E-state index contributed by atoms with van der Waals surface area (Å²) >= 11 is 0. The van der Waals surface area contributed by atoms with Gasteiger partial charge >= 0.3 is 40.5 Å². The topological polar surface area (TPSA) is 86.2 Å². The molecule has 4 nitrogen and oxygen atoms in total. The molecular formula is NaO4PSi+2. The summed E-state index contributed by atoms with van der Waals surface area (Å²) in [5.74, 6) is 0. The van der Waals surface area contributed by atoms with Crippen LogP contribution in [0.2, 0.25) is 0 Å². The van der Waals surface area contributed by atoms with Crippen LogP contribution in [0.1, 0.15) is 0 Å². The van der Waals surface area contributed by atoms with Crippen LogP contribution in [0.4, 0.5) is 0 Å². The molecule has 0 radical (unpaired) electrons. The van der Waals surface area contributed by atoms with Crippen LogP contribution in [0.5, 0.6) is 0 Å². The molecule has 7 heavy (non-hydrogen) atoms. The fourth-order valence-electron chi connectivity index (χ4n) is 0. The van der Waals surface area contributed by atoms with Gasteiger partial charge in [0.1, 0.15) is 0 Å². The molecule has 0 aliphatic carbocycles. The van der Waals surface area contributed by atoms with Gasteiger partial charge in [0.05, 0.1) is 0 Å². The zero-order valence-electron chi connectivity index (χ0n) is 3.58. The molecule has 0 heterocycles. The van der Waals surface area contributed by atoms with Crippen LogP contribution in [0.15, 0.2) is 0 Å². The van der Waals surface area contributed by atoms with E-state index in [1.165, 1.54) is 0 Å². The fourth-order valence-corrected chi connectivity index (χ4v) is 0. The number of phosphoric acid groups is 1. The van der Waals surface area contributed by atoms with Gasteiger partial charge < -0.3 is 19.2 Å². The van der Waals surface area contributed by atoms with Crippen LogP contribution >= 0.6 is 7.82 Å². The molecule has 0 saturated heterocycles. The molecule has 0 N–H and O–H groups in total. The zero-order chi connectivity index (χ0) is 4.50. The third-order valence-electron chi connectivity index (χ3n) is 0. The molecular weight excluding hydrogens is 146 g/mol. The summed E-state index contributed by atoms with van der Waals surface area (Å²) in [6.07, 6.45) is 0. The van der Waals surface area contributed by atoms with Gasteiger partial charge in [0, 0.05) is 0 Å². The Morgan fingerprint density at radius 1 is 1.14 bits per heavy atom. The molecule has 0 fully saturated rings. The molecule has 0 aromatic rings.